The number of ether oxygens (including phenoxy) is 1. The number of halogens is 1. The zero-order valence-corrected chi connectivity index (χ0v) is 15.4. The third-order valence-electron chi connectivity index (χ3n) is 4.35. The SMILES string of the molecule is CCCN(C(=O)CCNc1cc(Cl)ccc1OC)C1CCNCC1. The molecule has 5 nitrogen and oxygen atoms in total. The number of carbonyl (C=O) groups is 1. The predicted octanol–water partition coefficient (Wildman–Crippen LogP) is 3.14. The van der Waals surface area contributed by atoms with E-state index in [1.807, 2.05) is 12.1 Å². The lowest BCUT2D eigenvalue weighted by atomic mass is 10.0. The molecule has 1 fully saturated rings. The molecule has 0 aromatic heterocycles. The molecule has 2 N–H and O–H groups in total. The van der Waals surface area contributed by atoms with Crippen molar-refractivity contribution in [3.63, 3.8) is 0 Å². The molecule has 2 rings (SSSR count). The lowest BCUT2D eigenvalue weighted by molar-refractivity contribution is -0.133. The largest absolute Gasteiger partial charge is 0.495 e. The first-order valence-electron chi connectivity index (χ1n) is 8.73. The number of hydrogen-bond donors (Lipinski definition) is 2. The number of benzene rings is 1. The molecule has 0 radical (unpaired) electrons. The molecular formula is C18H28ClN3O2. The van der Waals surface area contributed by atoms with E-state index in [1.165, 1.54) is 0 Å². The van der Waals surface area contributed by atoms with Gasteiger partial charge in [0, 0.05) is 30.6 Å². The number of amides is 1. The van der Waals surface area contributed by atoms with Crippen molar-refractivity contribution in [3.05, 3.63) is 23.2 Å². The second-order valence-electron chi connectivity index (χ2n) is 6.09. The van der Waals surface area contributed by atoms with Gasteiger partial charge in [0.05, 0.1) is 12.8 Å². The topological polar surface area (TPSA) is 53.6 Å². The smallest absolute Gasteiger partial charge is 0.224 e. The summed E-state index contributed by atoms with van der Waals surface area (Å²) in [6.07, 6.45) is 3.55. The molecule has 1 aromatic carbocycles. The lowest BCUT2D eigenvalue weighted by Crippen LogP contribution is -2.46. The number of carbonyl (C=O) groups excluding carboxylic acids is 1. The van der Waals surface area contributed by atoms with E-state index < -0.39 is 0 Å². The maximum absolute atomic E-state index is 12.7. The number of nitrogens with zero attached hydrogens (tertiary/aromatic N) is 1. The van der Waals surface area contributed by atoms with Crippen molar-refractivity contribution in [3.8, 4) is 5.75 Å². The summed E-state index contributed by atoms with van der Waals surface area (Å²) in [6.45, 7) is 5.52. The molecule has 1 amide bonds. The van der Waals surface area contributed by atoms with Crippen molar-refractivity contribution in [1.29, 1.82) is 0 Å². The molecule has 0 spiro atoms. The van der Waals surface area contributed by atoms with Gasteiger partial charge in [-0.05, 0) is 50.6 Å². The van der Waals surface area contributed by atoms with Gasteiger partial charge in [0.2, 0.25) is 5.91 Å². The quantitative estimate of drug-likeness (QED) is 0.753. The fourth-order valence-corrected chi connectivity index (χ4v) is 3.31. The van der Waals surface area contributed by atoms with Crippen molar-refractivity contribution >= 4 is 23.2 Å². The van der Waals surface area contributed by atoms with Crippen LogP contribution in [0.2, 0.25) is 5.02 Å². The van der Waals surface area contributed by atoms with E-state index in [1.54, 1.807) is 13.2 Å². The fourth-order valence-electron chi connectivity index (χ4n) is 3.14. The van der Waals surface area contributed by atoms with Crippen LogP contribution >= 0.6 is 11.6 Å². The fraction of sp³-hybridized carbons (Fsp3) is 0.611. The molecule has 1 saturated heterocycles. The van der Waals surface area contributed by atoms with Gasteiger partial charge in [-0.2, -0.15) is 0 Å². The number of hydrogen-bond acceptors (Lipinski definition) is 4. The second kappa shape index (κ2) is 9.74. The lowest BCUT2D eigenvalue weighted by Gasteiger charge is -2.34. The van der Waals surface area contributed by atoms with Gasteiger partial charge in [0.15, 0.2) is 0 Å². The molecule has 0 saturated carbocycles. The van der Waals surface area contributed by atoms with Crippen molar-refractivity contribution < 1.29 is 9.53 Å². The van der Waals surface area contributed by atoms with Gasteiger partial charge in [-0.1, -0.05) is 18.5 Å². The summed E-state index contributed by atoms with van der Waals surface area (Å²) in [5, 5.41) is 7.27. The molecule has 134 valence electrons. The molecule has 1 aromatic rings. The zero-order valence-electron chi connectivity index (χ0n) is 14.6. The second-order valence-corrected chi connectivity index (χ2v) is 6.53. The van der Waals surface area contributed by atoms with E-state index in [4.69, 9.17) is 16.3 Å². The highest BCUT2D eigenvalue weighted by Crippen LogP contribution is 2.27. The van der Waals surface area contributed by atoms with Crippen molar-refractivity contribution in [2.45, 2.75) is 38.6 Å². The number of nitrogens with one attached hydrogen (secondary N) is 2. The minimum absolute atomic E-state index is 0.220. The van der Waals surface area contributed by atoms with Gasteiger partial charge in [0.25, 0.3) is 0 Å². The number of methoxy groups -OCH3 is 1. The molecule has 0 aliphatic carbocycles. The van der Waals surface area contributed by atoms with Gasteiger partial charge in [0.1, 0.15) is 5.75 Å². The van der Waals surface area contributed by atoms with Gasteiger partial charge in [-0.15, -0.1) is 0 Å². The van der Waals surface area contributed by atoms with Crippen LogP contribution in [0.25, 0.3) is 0 Å². The molecule has 24 heavy (non-hydrogen) atoms. The van der Waals surface area contributed by atoms with E-state index in [0.29, 0.717) is 24.0 Å². The Morgan fingerprint density at radius 3 is 2.83 bits per heavy atom. The summed E-state index contributed by atoms with van der Waals surface area (Å²) in [4.78, 5) is 14.7. The normalized spacial score (nSPS) is 15.1. The summed E-state index contributed by atoms with van der Waals surface area (Å²) < 4.78 is 5.32. The standard InChI is InChI=1S/C18H28ClN3O2/c1-3-12-22(15-6-9-20-10-7-15)18(23)8-11-21-16-13-14(19)4-5-17(16)24-2/h4-5,13,15,20-21H,3,6-12H2,1-2H3. The van der Waals surface area contributed by atoms with Crippen LogP contribution in [0, 0.1) is 0 Å². The average molecular weight is 354 g/mol. The monoisotopic (exact) mass is 353 g/mol. The summed E-state index contributed by atoms with van der Waals surface area (Å²) in [5.74, 6) is 0.952. The molecule has 0 bridgehead atoms. The first-order chi connectivity index (χ1) is 11.7. The van der Waals surface area contributed by atoms with Gasteiger partial charge in [-0.3, -0.25) is 4.79 Å². The van der Waals surface area contributed by atoms with Gasteiger partial charge < -0.3 is 20.3 Å². The summed E-state index contributed by atoms with van der Waals surface area (Å²) in [5.41, 5.74) is 0.821. The Labute approximate surface area is 149 Å². The van der Waals surface area contributed by atoms with Crippen LogP contribution < -0.4 is 15.4 Å². The molecule has 1 aliphatic rings. The molecule has 0 atom stereocenters. The molecule has 0 unspecified atom stereocenters. The Bertz CT molecular complexity index is 533. The van der Waals surface area contributed by atoms with E-state index >= 15 is 0 Å². The van der Waals surface area contributed by atoms with Gasteiger partial charge in [-0.25, -0.2) is 0 Å². The highest BCUT2D eigenvalue weighted by Gasteiger charge is 2.24. The molecule has 1 heterocycles. The summed E-state index contributed by atoms with van der Waals surface area (Å²) >= 11 is 6.03. The summed E-state index contributed by atoms with van der Waals surface area (Å²) in [7, 11) is 1.62. The average Bonchev–Trinajstić information content (AvgIpc) is 2.60. The Morgan fingerprint density at radius 1 is 1.42 bits per heavy atom. The number of anilines is 1. The van der Waals surface area contributed by atoms with Crippen LogP contribution in [0.5, 0.6) is 5.75 Å². The van der Waals surface area contributed by atoms with Crippen LogP contribution in [0.3, 0.4) is 0 Å². The van der Waals surface area contributed by atoms with Crippen LogP contribution in [-0.2, 0) is 4.79 Å². The van der Waals surface area contributed by atoms with Crippen LogP contribution in [0.15, 0.2) is 18.2 Å². The molecule has 6 heteroatoms. The Kier molecular flexibility index (Phi) is 7.66. The van der Waals surface area contributed by atoms with Crippen molar-refractivity contribution in [1.82, 2.24) is 10.2 Å². The van der Waals surface area contributed by atoms with Crippen molar-refractivity contribution in [2.24, 2.45) is 0 Å². The minimum Gasteiger partial charge on any atom is -0.495 e. The first kappa shape index (κ1) is 18.9. The van der Waals surface area contributed by atoms with Crippen molar-refractivity contribution in [2.75, 3.05) is 38.6 Å². The zero-order chi connectivity index (χ0) is 17.4. The number of piperidine rings is 1. The Balaban J connectivity index is 1.89. The van der Waals surface area contributed by atoms with Gasteiger partial charge >= 0.3 is 0 Å². The highest BCUT2D eigenvalue weighted by molar-refractivity contribution is 6.30. The predicted molar refractivity (Wildman–Crippen MR) is 99.0 cm³/mol. The minimum atomic E-state index is 0.220. The van der Waals surface area contributed by atoms with E-state index in [0.717, 1.165) is 50.3 Å². The van der Waals surface area contributed by atoms with E-state index in [9.17, 15) is 4.79 Å². The van der Waals surface area contributed by atoms with E-state index in [-0.39, 0.29) is 5.91 Å². The highest BCUT2D eigenvalue weighted by atomic mass is 35.5. The maximum Gasteiger partial charge on any atom is 0.224 e. The third-order valence-corrected chi connectivity index (χ3v) is 4.59. The van der Waals surface area contributed by atoms with Crippen LogP contribution in [0.1, 0.15) is 32.6 Å². The molecular weight excluding hydrogens is 326 g/mol. The third kappa shape index (κ3) is 5.28. The molecule has 1 aliphatic heterocycles. The van der Waals surface area contributed by atoms with Crippen LogP contribution in [0.4, 0.5) is 5.69 Å². The van der Waals surface area contributed by atoms with Crippen LogP contribution in [-0.4, -0.2) is 50.1 Å². The number of rotatable bonds is 8. The maximum atomic E-state index is 12.7. The summed E-state index contributed by atoms with van der Waals surface area (Å²) in [6, 6.07) is 5.81. The Hall–Kier alpha value is -1.46. The Morgan fingerprint density at radius 2 is 2.17 bits per heavy atom. The van der Waals surface area contributed by atoms with E-state index in [2.05, 4.69) is 22.5 Å². The first-order valence-corrected chi connectivity index (χ1v) is 9.11.